The average molecular weight is 359 g/mol. The summed E-state index contributed by atoms with van der Waals surface area (Å²) in [7, 11) is 1.89. The highest BCUT2D eigenvalue weighted by molar-refractivity contribution is 6.30. The molecule has 0 saturated carbocycles. The predicted octanol–water partition coefficient (Wildman–Crippen LogP) is 4.31. The van der Waals surface area contributed by atoms with E-state index in [4.69, 9.17) is 11.6 Å². The van der Waals surface area contributed by atoms with Crippen LogP contribution in [0.15, 0.2) is 24.3 Å². The molecule has 1 fully saturated rings. The van der Waals surface area contributed by atoms with Gasteiger partial charge in [-0.05, 0) is 62.4 Å². The third-order valence-corrected chi connectivity index (χ3v) is 5.23. The molecule has 1 N–H and O–H groups in total. The van der Waals surface area contributed by atoms with E-state index in [-0.39, 0.29) is 24.4 Å². The van der Waals surface area contributed by atoms with Gasteiger partial charge < -0.3 is 10.2 Å². The highest BCUT2D eigenvalue weighted by Crippen LogP contribution is 2.27. The van der Waals surface area contributed by atoms with Crippen molar-refractivity contribution >= 4 is 29.9 Å². The summed E-state index contributed by atoms with van der Waals surface area (Å²) in [6, 6.07) is 7.80. The van der Waals surface area contributed by atoms with E-state index in [1.807, 2.05) is 36.2 Å². The Morgan fingerprint density at radius 1 is 1.35 bits per heavy atom. The molecule has 2 unspecified atom stereocenters. The fourth-order valence-corrected chi connectivity index (χ4v) is 3.40. The maximum Gasteiger partial charge on any atom is 0.223 e. The minimum absolute atomic E-state index is 0. The molecule has 2 rings (SSSR count). The van der Waals surface area contributed by atoms with Crippen molar-refractivity contribution in [2.75, 3.05) is 20.1 Å². The highest BCUT2D eigenvalue weighted by Gasteiger charge is 2.25. The van der Waals surface area contributed by atoms with E-state index in [1.165, 1.54) is 12.8 Å². The Hall–Kier alpha value is -0.770. The molecule has 130 valence electrons. The van der Waals surface area contributed by atoms with Crippen molar-refractivity contribution < 1.29 is 4.79 Å². The second-order valence-corrected chi connectivity index (χ2v) is 6.94. The lowest BCUT2D eigenvalue weighted by Crippen LogP contribution is -2.35. The second-order valence-electron chi connectivity index (χ2n) is 6.50. The summed E-state index contributed by atoms with van der Waals surface area (Å²) in [6.45, 7) is 6.43. The average Bonchev–Trinajstić information content (AvgIpc) is 2.54. The summed E-state index contributed by atoms with van der Waals surface area (Å²) < 4.78 is 0. The number of hydrogen-bond acceptors (Lipinski definition) is 2. The van der Waals surface area contributed by atoms with Crippen LogP contribution in [0.4, 0.5) is 0 Å². The van der Waals surface area contributed by atoms with Gasteiger partial charge in [0, 0.05) is 18.5 Å². The van der Waals surface area contributed by atoms with Crippen LogP contribution in [0.25, 0.3) is 0 Å². The Labute approximate surface area is 151 Å². The topological polar surface area (TPSA) is 32.3 Å². The standard InChI is InChI=1S/C18H27ClN2O.ClH/c1-13(15-7-9-20-10-8-15)11-18(22)21(3)14(2)16-5-4-6-17(19)12-16;/h4-6,12-15,20H,7-11H2,1-3H3;1H. The van der Waals surface area contributed by atoms with Gasteiger partial charge in [0.05, 0.1) is 6.04 Å². The fourth-order valence-electron chi connectivity index (χ4n) is 3.21. The molecule has 0 aliphatic carbocycles. The molecule has 2 atom stereocenters. The van der Waals surface area contributed by atoms with Gasteiger partial charge in [0.15, 0.2) is 0 Å². The second kappa shape index (κ2) is 9.51. The smallest absolute Gasteiger partial charge is 0.223 e. The number of benzene rings is 1. The zero-order valence-corrected chi connectivity index (χ0v) is 15.8. The maximum atomic E-state index is 12.6. The lowest BCUT2D eigenvalue weighted by molar-refractivity contribution is -0.133. The Balaban J connectivity index is 0.00000264. The van der Waals surface area contributed by atoms with Crippen LogP contribution in [-0.4, -0.2) is 30.9 Å². The van der Waals surface area contributed by atoms with Crippen LogP contribution in [0.2, 0.25) is 5.02 Å². The van der Waals surface area contributed by atoms with E-state index in [9.17, 15) is 4.79 Å². The van der Waals surface area contributed by atoms with E-state index in [0.29, 0.717) is 23.3 Å². The number of carbonyl (C=O) groups is 1. The zero-order chi connectivity index (χ0) is 16.1. The van der Waals surface area contributed by atoms with Crippen molar-refractivity contribution in [3.8, 4) is 0 Å². The van der Waals surface area contributed by atoms with E-state index in [1.54, 1.807) is 0 Å². The van der Waals surface area contributed by atoms with Gasteiger partial charge in [-0.15, -0.1) is 12.4 Å². The first kappa shape index (κ1) is 20.3. The summed E-state index contributed by atoms with van der Waals surface area (Å²) in [4.78, 5) is 14.4. The lowest BCUT2D eigenvalue weighted by atomic mass is 9.84. The van der Waals surface area contributed by atoms with Crippen molar-refractivity contribution in [1.82, 2.24) is 10.2 Å². The molecule has 1 aromatic rings. The van der Waals surface area contributed by atoms with Crippen LogP contribution in [0.1, 0.15) is 44.7 Å². The number of nitrogens with one attached hydrogen (secondary N) is 1. The molecule has 1 saturated heterocycles. The highest BCUT2D eigenvalue weighted by atomic mass is 35.5. The molecule has 0 bridgehead atoms. The van der Waals surface area contributed by atoms with Crippen molar-refractivity contribution in [2.24, 2.45) is 11.8 Å². The van der Waals surface area contributed by atoms with Gasteiger partial charge in [0.1, 0.15) is 0 Å². The summed E-state index contributed by atoms with van der Waals surface area (Å²) in [5.74, 6) is 1.34. The van der Waals surface area contributed by atoms with Crippen LogP contribution >= 0.6 is 24.0 Å². The van der Waals surface area contributed by atoms with E-state index in [2.05, 4.69) is 19.2 Å². The molecule has 1 aliphatic rings. The van der Waals surface area contributed by atoms with Gasteiger partial charge in [-0.1, -0.05) is 30.7 Å². The van der Waals surface area contributed by atoms with Crippen molar-refractivity contribution in [2.45, 2.75) is 39.2 Å². The summed E-state index contributed by atoms with van der Waals surface area (Å²) in [5.41, 5.74) is 1.08. The number of nitrogens with zero attached hydrogens (tertiary/aromatic N) is 1. The summed E-state index contributed by atoms with van der Waals surface area (Å²) >= 11 is 6.05. The zero-order valence-electron chi connectivity index (χ0n) is 14.2. The molecule has 1 aliphatic heterocycles. The molecule has 0 spiro atoms. The van der Waals surface area contributed by atoms with Crippen LogP contribution in [0.5, 0.6) is 0 Å². The van der Waals surface area contributed by atoms with Crippen LogP contribution in [0.3, 0.4) is 0 Å². The van der Waals surface area contributed by atoms with E-state index < -0.39 is 0 Å². The van der Waals surface area contributed by atoms with Gasteiger partial charge in [0.25, 0.3) is 0 Å². The fraction of sp³-hybridized carbons (Fsp3) is 0.611. The first-order chi connectivity index (χ1) is 10.5. The number of hydrogen-bond donors (Lipinski definition) is 1. The van der Waals surface area contributed by atoms with Gasteiger partial charge in [0.2, 0.25) is 5.91 Å². The van der Waals surface area contributed by atoms with Crippen LogP contribution in [0, 0.1) is 11.8 Å². The molecule has 5 heteroatoms. The van der Waals surface area contributed by atoms with Crippen LogP contribution < -0.4 is 5.32 Å². The molecular formula is C18H28Cl2N2O. The normalized spacial score (nSPS) is 17.9. The van der Waals surface area contributed by atoms with E-state index in [0.717, 1.165) is 18.7 Å². The minimum atomic E-state index is 0. The predicted molar refractivity (Wildman–Crippen MR) is 99.3 cm³/mol. The van der Waals surface area contributed by atoms with Gasteiger partial charge in [-0.3, -0.25) is 4.79 Å². The Morgan fingerprint density at radius 3 is 2.61 bits per heavy atom. The number of carbonyl (C=O) groups excluding carboxylic acids is 1. The maximum absolute atomic E-state index is 12.6. The first-order valence-corrected chi connectivity index (χ1v) is 8.58. The molecule has 3 nitrogen and oxygen atoms in total. The van der Waals surface area contributed by atoms with Gasteiger partial charge in [-0.2, -0.15) is 0 Å². The third kappa shape index (κ3) is 5.66. The molecule has 1 heterocycles. The Bertz CT molecular complexity index is 504. The molecule has 0 radical (unpaired) electrons. The van der Waals surface area contributed by atoms with E-state index >= 15 is 0 Å². The van der Waals surface area contributed by atoms with Crippen molar-refractivity contribution in [3.05, 3.63) is 34.9 Å². The third-order valence-electron chi connectivity index (χ3n) is 4.99. The van der Waals surface area contributed by atoms with Gasteiger partial charge >= 0.3 is 0 Å². The lowest BCUT2D eigenvalue weighted by Gasteiger charge is -2.31. The Morgan fingerprint density at radius 2 is 2.00 bits per heavy atom. The summed E-state index contributed by atoms with van der Waals surface area (Å²) in [6.07, 6.45) is 3.00. The van der Waals surface area contributed by atoms with Crippen molar-refractivity contribution in [3.63, 3.8) is 0 Å². The number of rotatable bonds is 5. The number of halogens is 2. The molecule has 23 heavy (non-hydrogen) atoms. The molecule has 1 aromatic carbocycles. The largest absolute Gasteiger partial charge is 0.339 e. The first-order valence-electron chi connectivity index (χ1n) is 8.21. The van der Waals surface area contributed by atoms with Crippen LogP contribution in [-0.2, 0) is 4.79 Å². The monoisotopic (exact) mass is 358 g/mol. The molecule has 1 amide bonds. The van der Waals surface area contributed by atoms with Crippen molar-refractivity contribution in [1.29, 1.82) is 0 Å². The molecular weight excluding hydrogens is 331 g/mol. The summed E-state index contributed by atoms with van der Waals surface area (Å²) in [5, 5.41) is 4.10. The quantitative estimate of drug-likeness (QED) is 0.850. The van der Waals surface area contributed by atoms with Gasteiger partial charge in [-0.25, -0.2) is 0 Å². The minimum Gasteiger partial charge on any atom is -0.339 e. The number of amides is 1. The number of piperidine rings is 1. The Kier molecular flexibility index (Phi) is 8.38. The molecule has 0 aromatic heterocycles. The SMILES string of the molecule is CC(CC(=O)N(C)C(C)c1cccc(Cl)c1)C1CCNCC1.Cl.